The monoisotopic (exact) mass is 300 g/mol. The van der Waals surface area contributed by atoms with Gasteiger partial charge in [0, 0.05) is 6.04 Å². The van der Waals surface area contributed by atoms with Crippen LogP contribution >= 0.6 is 0 Å². The molecule has 0 saturated carbocycles. The van der Waals surface area contributed by atoms with E-state index in [2.05, 4.69) is 10.0 Å². The van der Waals surface area contributed by atoms with Crippen LogP contribution in [0.3, 0.4) is 0 Å². The fraction of sp³-hybridized carbons (Fsp3) is 0.462. The van der Waals surface area contributed by atoms with Gasteiger partial charge in [-0.15, -0.1) is 0 Å². The summed E-state index contributed by atoms with van der Waals surface area (Å²) in [5.74, 6) is 0.216. The van der Waals surface area contributed by atoms with E-state index in [1.807, 2.05) is 0 Å². The number of carbonyl (C=O) groups excluding carboxylic acids is 1. The van der Waals surface area contributed by atoms with Gasteiger partial charge in [-0.25, -0.2) is 13.1 Å². The number of methoxy groups -OCH3 is 1. The zero-order valence-corrected chi connectivity index (χ0v) is 12.9. The Labute approximate surface area is 119 Å². The van der Waals surface area contributed by atoms with Crippen molar-refractivity contribution >= 4 is 15.9 Å². The van der Waals surface area contributed by atoms with Crippen LogP contribution in [-0.2, 0) is 14.8 Å². The summed E-state index contributed by atoms with van der Waals surface area (Å²) >= 11 is 0. The maximum atomic E-state index is 12.1. The Bertz CT molecular complexity index is 582. The van der Waals surface area contributed by atoms with Crippen molar-refractivity contribution in [1.29, 1.82) is 0 Å². The first-order valence-electron chi connectivity index (χ1n) is 6.20. The number of hydrogen-bond acceptors (Lipinski definition) is 4. The van der Waals surface area contributed by atoms with Crippen molar-refractivity contribution < 1.29 is 17.9 Å². The molecule has 0 spiro atoms. The number of sulfonamides is 1. The largest absolute Gasteiger partial charge is 0.497 e. The molecular formula is C13H20N2O4S. The molecule has 0 aliphatic rings. The zero-order valence-electron chi connectivity index (χ0n) is 12.1. The molecule has 1 rings (SSSR count). The highest BCUT2D eigenvalue weighted by atomic mass is 32.2. The fourth-order valence-electron chi connectivity index (χ4n) is 1.66. The van der Waals surface area contributed by atoms with E-state index in [0.29, 0.717) is 11.3 Å². The van der Waals surface area contributed by atoms with Gasteiger partial charge in [-0.05, 0) is 44.5 Å². The zero-order chi connectivity index (χ0) is 15.3. The summed E-state index contributed by atoms with van der Waals surface area (Å²) in [5, 5.41) is 2.61. The highest BCUT2D eigenvalue weighted by molar-refractivity contribution is 7.89. The third kappa shape index (κ3) is 4.50. The number of hydrogen-bond donors (Lipinski definition) is 2. The topological polar surface area (TPSA) is 84.5 Å². The maximum Gasteiger partial charge on any atom is 0.241 e. The van der Waals surface area contributed by atoms with Crippen LogP contribution in [0.1, 0.15) is 19.4 Å². The van der Waals surface area contributed by atoms with Crippen molar-refractivity contribution in [1.82, 2.24) is 10.0 Å². The summed E-state index contributed by atoms with van der Waals surface area (Å²) < 4.78 is 31.5. The molecule has 20 heavy (non-hydrogen) atoms. The lowest BCUT2D eigenvalue weighted by Crippen LogP contribution is -2.39. The number of benzene rings is 1. The average molecular weight is 300 g/mol. The minimum absolute atomic E-state index is 0.0327. The van der Waals surface area contributed by atoms with E-state index in [4.69, 9.17) is 4.74 Å². The van der Waals surface area contributed by atoms with Crippen LogP contribution in [0.25, 0.3) is 0 Å². The molecule has 0 heterocycles. The van der Waals surface area contributed by atoms with E-state index >= 15 is 0 Å². The van der Waals surface area contributed by atoms with Gasteiger partial charge in [-0.2, -0.15) is 0 Å². The van der Waals surface area contributed by atoms with E-state index < -0.39 is 10.0 Å². The van der Waals surface area contributed by atoms with E-state index in [1.54, 1.807) is 32.9 Å². The lowest BCUT2D eigenvalue weighted by molar-refractivity contribution is -0.120. The minimum atomic E-state index is -3.71. The molecule has 0 radical (unpaired) electrons. The second kappa shape index (κ2) is 6.71. The van der Waals surface area contributed by atoms with Gasteiger partial charge in [-0.3, -0.25) is 4.79 Å². The minimum Gasteiger partial charge on any atom is -0.497 e. The van der Waals surface area contributed by atoms with E-state index in [0.717, 1.165) is 0 Å². The van der Waals surface area contributed by atoms with Crippen LogP contribution in [0.5, 0.6) is 5.75 Å². The second-order valence-electron chi connectivity index (χ2n) is 4.68. The predicted molar refractivity (Wildman–Crippen MR) is 76.2 cm³/mol. The van der Waals surface area contributed by atoms with Crippen LogP contribution in [0.2, 0.25) is 0 Å². The molecular weight excluding hydrogens is 280 g/mol. The molecule has 0 aromatic heterocycles. The van der Waals surface area contributed by atoms with Gasteiger partial charge < -0.3 is 10.1 Å². The van der Waals surface area contributed by atoms with Gasteiger partial charge in [0.15, 0.2) is 0 Å². The molecule has 0 aliphatic carbocycles. The van der Waals surface area contributed by atoms with Crippen molar-refractivity contribution in [2.24, 2.45) is 0 Å². The van der Waals surface area contributed by atoms with Gasteiger partial charge in [0.25, 0.3) is 0 Å². The molecule has 1 amide bonds. The smallest absolute Gasteiger partial charge is 0.241 e. The molecule has 2 N–H and O–H groups in total. The summed E-state index contributed by atoms with van der Waals surface area (Å²) in [6.45, 7) is 5.00. The van der Waals surface area contributed by atoms with E-state index in [-0.39, 0.29) is 23.4 Å². The first kappa shape index (κ1) is 16.5. The number of aryl methyl sites for hydroxylation is 1. The summed E-state index contributed by atoms with van der Waals surface area (Å²) in [6, 6.07) is 4.62. The number of amides is 1. The summed E-state index contributed by atoms with van der Waals surface area (Å²) in [5.41, 5.74) is 0.557. The summed E-state index contributed by atoms with van der Waals surface area (Å²) in [6.07, 6.45) is 0. The van der Waals surface area contributed by atoms with Crippen LogP contribution in [-0.4, -0.2) is 34.0 Å². The Morgan fingerprint density at radius 3 is 2.50 bits per heavy atom. The SMILES string of the molecule is COc1ccc(S(=O)(=O)NCC(=O)NC(C)C)c(C)c1. The quantitative estimate of drug-likeness (QED) is 0.814. The molecule has 0 atom stereocenters. The fourth-order valence-corrected chi connectivity index (χ4v) is 2.87. The maximum absolute atomic E-state index is 12.1. The molecule has 0 saturated heterocycles. The average Bonchev–Trinajstić information content (AvgIpc) is 2.35. The Hall–Kier alpha value is -1.60. The van der Waals surface area contributed by atoms with Crippen LogP contribution in [0, 0.1) is 6.92 Å². The molecule has 0 unspecified atom stereocenters. The highest BCUT2D eigenvalue weighted by Gasteiger charge is 2.18. The van der Waals surface area contributed by atoms with E-state index in [1.165, 1.54) is 13.2 Å². The van der Waals surface area contributed by atoms with Gasteiger partial charge in [-0.1, -0.05) is 0 Å². The number of carbonyl (C=O) groups is 1. The Morgan fingerprint density at radius 2 is 2.00 bits per heavy atom. The predicted octanol–water partition coefficient (Wildman–Crippen LogP) is 0.807. The van der Waals surface area contributed by atoms with Crippen LogP contribution in [0.15, 0.2) is 23.1 Å². The second-order valence-corrected chi connectivity index (χ2v) is 6.41. The summed E-state index contributed by atoms with van der Waals surface area (Å²) in [4.78, 5) is 11.6. The highest BCUT2D eigenvalue weighted by Crippen LogP contribution is 2.20. The lowest BCUT2D eigenvalue weighted by Gasteiger charge is -2.12. The molecule has 0 fully saturated rings. The Morgan fingerprint density at radius 1 is 1.35 bits per heavy atom. The van der Waals surface area contributed by atoms with Crippen molar-refractivity contribution in [2.75, 3.05) is 13.7 Å². The van der Waals surface area contributed by atoms with Crippen molar-refractivity contribution in [3.8, 4) is 5.75 Å². The summed E-state index contributed by atoms with van der Waals surface area (Å²) in [7, 11) is -2.20. The first-order chi connectivity index (χ1) is 9.26. The van der Waals surface area contributed by atoms with Gasteiger partial charge in [0.1, 0.15) is 5.75 Å². The van der Waals surface area contributed by atoms with Crippen molar-refractivity contribution in [3.63, 3.8) is 0 Å². The van der Waals surface area contributed by atoms with Crippen LogP contribution in [0.4, 0.5) is 0 Å². The van der Waals surface area contributed by atoms with Gasteiger partial charge >= 0.3 is 0 Å². The van der Waals surface area contributed by atoms with Gasteiger partial charge in [0.2, 0.25) is 15.9 Å². The molecule has 6 nitrogen and oxygen atoms in total. The number of ether oxygens (including phenoxy) is 1. The third-order valence-electron chi connectivity index (χ3n) is 2.54. The standard InChI is InChI=1S/C13H20N2O4S/c1-9(2)15-13(16)8-14-20(17,18)12-6-5-11(19-4)7-10(12)3/h5-7,9,14H,8H2,1-4H3,(H,15,16). The Balaban J connectivity index is 2.81. The molecule has 1 aromatic carbocycles. The van der Waals surface area contributed by atoms with Crippen LogP contribution < -0.4 is 14.8 Å². The Kier molecular flexibility index (Phi) is 5.52. The number of nitrogens with one attached hydrogen (secondary N) is 2. The lowest BCUT2D eigenvalue weighted by atomic mass is 10.2. The normalized spacial score (nSPS) is 11.4. The molecule has 7 heteroatoms. The van der Waals surface area contributed by atoms with E-state index in [9.17, 15) is 13.2 Å². The molecule has 1 aromatic rings. The number of rotatable bonds is 6. The first-order valence-corrected chi connectivity index (χ1v) is 7.68. The molecule has 112 valence electrons. The molecule has 0 aliphatic heterocycles. The third-order valence-corrected chi connectivity index (χ3v) is 4.11. The van der Waals surface area contributed by atoms with Gasteiger partial charge in [0.05, 0.1) is 18.6 Å². The molecule has 0 bridgehead atoms. The van der Waals surface area contributed by atoms with Crippen molar-refractivity contribution in [3.05, 3.63) is 23.8 Å². The van der Waals surface area contributed by atoms with Crippen molar-refractivity contribution in [2.45, 2.75) is 31.7 Å².